The van der Waals surface area contributed by atoms with Gasteiger partial charge in [-0.3, -0.25) is 4.79 Å². The summed E-state index contributed by atoms with van der Waals surface area (Å²) in [4.78, 5) is 14.2. The summed E-state index contributed by atoms with van der Waals surface area (Å²) >= 11 is 0. The lowest BCUT2D eigenvalue weighted by Gasteiger charge is -2.24. The lowest BCUT2D eigenvalue weighted by Crippen LogP contribution is -2.40. The first-order valence-electron chi connectivity index (χ1n) is 8.08. The van der Waals surface area contributed by atoms with Gasteiger partial charge in [0, 0.05) is 25.3 Å². The quantitative estimate of drug-likeness (QED) is 0.810. The number of hydrogen-bond donors (Lipinski definition) is 0. The molecule has 3 rings (SSSR count). The van der Waals surface area contributed by atoms with Gasteiger partial charge in [-0.25, -0.2) is 8.42 Å². The van der Waals surface area contributed by atoms with Gasteiger partial charge >= 0.3 is 0 Å². The fourth-order valence-corrected chi connectivity index (χ4v) is 3.99. The number of amides is 1. The average Bonchev–Trinajstić information content (AvgIpc) is 3.15. The number of morpholine rings is 1. The molecule has 0 saturated carbocycles. The van der Waals surface area contributed by atoms with Crippen molar-refractivity contribution in [2.45, 2.75) is 12.0 Å². The molecule has 0 spiro atoms. The molecule has 7 nitrogen and oxygen atoms in total. The number of anilines is 1. The van der Waals surface area contributed by atoms with Crippen molar-refractivity contribution >= 4 is 21.6 Å². The summed E-state index contributed by atoms with van der Waals surface area (Å²) < 4.78 is 37.1. The summed E-state index contributed by atoms with van der Waals surface area (Å²) in [6.45, 7) is 3.54. The van der Waals surface area contributed by atoms with Crippen molar-refractivity contribution in [2.75, 3.05) is 37.7 Å². The molecule has 0 atom stereocenters. The second-order valence-corrected chi connectivity index (χ2v) is 7.39. The van der Waals surface area contributed by atoms with Crippen LogP contribution in [0.25, 0.3) is 0 Å². The van der Waals surface area contributed by atoms with Crippen molar-refractivity contribution in [1.29, 1.82) is 0 Å². The second kappa shape index (κ2) is 7.38. The van der Waals surface area contributed by atoms with E-state index in [1.165, 1.54) is 21.3 Å². The number of rotatable bonds is 5. The van der Waals surface area contributed by atoms with E-state index >= 15 is 0 Å². The summed E-state index contributed by atoms with van der Waals surface area (Å²) in [5.74, 6) is -0.380. The van der Waals surface area contributed by atoms with E-state index in [4.69, 9.17) is 9.15 Å². The molecule has 1 aromatic carbocycles. The Labute approximate surface area is 146 Å². The first-order chi connectivity index (χ1) is 12.0. The molecule has 1 aromatic heterocycles. The van der Waals surface area contributed by atoms with Crippen LogP contribution in [0.4, 0.5) is 5.69 Å². The van der Waals surface area contributed by atoms with E-state index in [0.29, 0.717) is 19.8 Å². The zero-order valence-corrected chi connectivity index (χ0v) is 14.7. The third-order valence-corrected chi connectivity index (χ3v) is 5.76. The smallest absolute Gasteiger partial charge is 0.294 e. The van der Waals surface area contributed by atoms with Crippen LogP contribution in [0.15, 0.2) is 52.0 Å². The zero-order valence-electron chi connectivity index (χ0n) is 13.9. The number of para-hydroxylation sites is 1. The predicted octanol–water partition coefficient (Wildman–Crippen LogP) is 1.97. The third-order valence-electron chi connectivity index (χ3n) is 3.99. The molecule has 1 saturated heterocycles. The normalized spacial score (nSPS) is 15.9. The molecule has 0 N–H and O–H groups in total. The average molecular weight is 364 g/mol. The van der Waals surface area contributed by atoms with Gasteiger partial charge in [0.25, 0.3) is 15.9 Å². The van der Waals surface area contributed by atoms with Gasteiger partial charge in [0.2, 0.25) is 5.09 Å². The number of hydrogen-bond acceptors (Lipinski definition) is 5. The Hall–Kier alpha value is -2.16. The molecule has 134 valence electrons. The van der Waals surface area contributed by atoms with Crippen LogP contribution in [0.2, 0.25) is 0 Å². The summed E-state index contributed by atoms with van der Waals surface area (Å²) in [5.41, 5.74) is 0.726. The third kappa shape index (κ3) is 3.60. The molecule has 0 unspecified atom stereocenters. The van der Waals surface area contributed by atoms with Crippen LogP contribution in [-0.2, 0) is 14.8 Å². The van der Waals surface area contributed by atoms with Crippen molar-refractivity contribution in [3.63, 3.8) is 0 Å². The Morgan fingerprint density at radius 1 is 1.12 bits per heavy atom. The molecule has 0 aliphatic carbocycles. The largest absolute Gasteiger partial charge is 0.438 e. The van der Waals surface area contributed by atoms with Gasteiger partial charge in [0.05, 0.1) is 13.2 Å². The van der Waals surface area contributed by atoms with Gasteiger partial charge in [-0.15, -0.1) is 0 Å². The highest BCUT2D eigenvalue weighted by Crippen LogP contribution is 2.22. The molecule has 2 aromatic rings. The van der Waals surface area contributed by atoms with Crippen LogP contribution >= 0.6 is 0 Å². The highest BCUT2D eigenvalue weighted by Gasteiger charge is 2.30. The van der Waals surface area contributed by atoms with Gasteiger partial charge in [-0.2, -0.15) is 4.31 Å². The zero-order chi connectivity index (χ0) is 17.9. The van der Waals surface area contributed by atoms with E-state index in [1.54, 1.807) is 0 Å². The van der Waals surface area contributed by atoms with Crippen LogP contribution in [0.5, 0.6) is 0 Å². The molecule has 0 bridgehead atoms. The number of benzene rings is 1. The van der Waals surface area contributed by atoms with E-state index in [2.05, 4.69) is 0 Å². The SMILES string of the molecule is CCN(C(=O)c1ccc(S(=O)(=O)N2CCOCC2)o1)c1ccccc1. The molecule has 1 aliphatic heterocycles. The Bertz CT molecular complexity index is 826. The number of nitrogens with zero attached hydrogens (tertiary/aromatic N) is 2. The molecular formula is C17H20N2O5S. The molecule has 25 heavy (non-hydrogen) atoms. The van der Waals surface area contributed by atoms with E-state index in [-0.39, 0.29) is 29.8 Å². The maximum absolute atomic E-state index is 12.7. The van der Waals surface area contributed by atoms with Gasteiger partial charge in [0.15, 0.2) is 5.76 Å². The molecule has 1 amide bonds. The molecule has 2 heterocycles. The minimum atomic E-state index is -3.76. The van der Waals surface area contributed by atoms with E-state index in [1.807, 2.05) is 37.3 Å². The van der Waals surface area contributed by atoms with Crippen molar-refractivity contribution in [2.24, 2.45) is 0 Å². The van der Waals surface area contributed by atoms with Crippen LogP contribution in [0.1, 0.15) is 17.5 Å². The van der Waals surface area contributed by atoms with E-state index in [0.717, 1.165) is 5.69 Å². The van der Waals surface area contributed by atoms with Crippen LogP contribution in [-0.4, -0.2) is 51.5 Å². The van der Waals surface area contributed by atoms with Crippen LogP contribution in [0, 0.1) is 0 Å². The maximum Gasteiger partial charge on any atom is 0.294 e. The highest BCUT2D eigenvalue weighted by atomic mass is 32.2. The molecular weight excluding hydrogens is 344 g/mol. The van der Waals surface area contributed by atoms with Crippen molar-refractivity contribution < 1.29 is 22.4 Å². The fraction of sp³-hybridized carbons (Fsp3) is 0.353. The summed E-state index contributed by atoms with van der Waals surface area (Å²) in [5, 5.41) is -0.220. The predicted molar refractivity (Wildman–Crippen MR) is 92.1 cm³/mol. The first-order valence-corrected chi connectivity index (χ1v) is 9.52. The Morgan fingerprint density at radius 3 is 2.44 bits per heavy atom. The highest BCUT2D eigenvalue weighted by molar-refractivity contribution is 7.89. The Morgan fingerprint density at radius 2 is 1.80 bits per heavy atom. The lowest BCUT2D eigenvalue weighted by molar-refractivity contribution is 0.0723. The van der Waals surface area contributed by atoms with Crippen LogP contribution in [0.3, 0.4) is 0 Å². The monoisotopic (exact) mass is 364 g/mol. The van der Waals surface area contributed by atoms with Gasteiger partial charge in [0.1, 0.15) is 0 Å². The number of carbonyl (C=O) groups is 1. The summed E-state index contributed by atoms with van der Waals surface area (Å²) in [6, 6.07) is 11.9. The fourth-order valence-electron chi connectivity index (χ4n) is 2.67. The van der Waals surface area contributed by atoms with Crippen molar-refractivity contribution in [1.82, 2.24) is 4.31 Å². The summed E-state index contributed by atoms with van der Waals surface area (Å²) in [7, 11) is -3.76. The lowest BCUT2D eigenvalue weighted by atomic mass is 10.2. The molecule has 8 heteroatoms. The first kappa shape index (κ1) is 17.7. The number of sulfonamides is 1. The van der Waals surface area contributed by atoms with Crippen molar-refractivity contribution in [3.8, 4) is 0 Å². The van der Waals surface area contributed by atoms with Crippen molar-refractivity contribution in [3.05, 3.63) is 48.2 Å². The standard InChI is InChI=1S/C17H20N2O5S/c1-2-19(14-6-4-3-5-7-14)17(20)15-8-9-16(24-15)25(21,22)18-10-12-23-13-11-18/h3-9H,2,10-13H2,1H3. The number of furan rings is 1. The molecule has 1 aliphatic rings. The molecule has 0 radical (unpaired) electrons. The van der Waals surface area contributed by atoms with Gasteiger partial charge in [-0.05, 0) is 31.2 Å². The maximum atomic E-state index is 12.7. The molecule has 1 fully saturated rings. The minimum absolute atomic E-state index is 0.00228. The second-order valence-electron chi connectivity index (χ2n) is 5.52. The number of carbonyl (C=O) groups excluding carboxylic acids is 1. The van der Waals surface area contributed by atoms with E-state index in [9.17, 15) is 13.2 Å². The summed E-state index contributed by atoms with van der Waals surface area (Å²) in [6.07, 6.45) is 0. The van der Waals surface area contributed by atoms with E-state index < -0.39 is 10.0 Å². The minimum Gasteiger partial charge on any atom is -0.438 e. The Kier molecular flexibility index (Phi) is 5.22. The topological polar surface area (TPSA) is 80.1 Å². The van der Waals surface area contributed by atoms with Gasteiger partial charge in [-0.1, -0.05) is 18.2 Å². The van der Waals surface area contributed by atoms with Crippen LogP contribution < -0.4 is 4.90 Å². The Balaban J connectivity index is 1.84. The number of ether oxygens (including phenoxy) is 1. The van der Waals surface area contributed by atoms with Gasteiger partial charge < -0.3 is 14.1 Å².